The molecule has 0 unspecified atom stereocenters. The van der Waals surface area contributed by atoms with Crippen molar-refractivity contribution in [2.45, 2.75) is 37.0 Å². The third-order valence-corrected chi connectivity index (χ3v) is 7.72. The molecule has 2 aromatic heterocycles. The number of carbonyl (C=O) groups excluding carboxylic acids is 1. The second-order valence-electron chi connectivity index (χ2n) is 8.08. The molecule has 4 aromatic rings. The van der Waals surface area contributed by atoms with Gasteiger partial charge in [0.15, 0.2) is 6.10 Å². The number of carbonyl (C=O) groups is 1. The second kappa shape index (κ2) is 10.1. The molecule has 1 aliphatic rings. The number of aromatic nitrogens is 3. The van der Waals surface area contributed by atoms with Gasteiger partial charge in [-0.1, -0.05) is 23.9 Å². The van der Waals surface area contributed by atoms with Crippen molar-refractivity contribution in [3.05, 3.63) is 65.2 Å². The van der Waals surface area contributed by atoms with Crippen molar-refractivity contribution in [1.29, 1.82) is 0 Å². The average Bonchev–Trinajstić information content (AvgIpc) is 3.51. The highest BCUT2D eigenvalue weighted by atomic mass is 32.2. The summed E-state index contributed by atoms with van der Waals surface area (Å²) in [5.74, 6) is 1.17. The van der Waals surface area contributed by atoms with Gasteiger partial charge in [-0.15, -0.1) is 21.5 Å². The van der Waals surface area contributed by atoms with E-state index in [1.54, 1.807) is 18.3 Å². The van der Waals surface area contributed by atoms with E-state index in [9.17, 15) is 9.18 Å². The lowest BCUT2D eigenvalue weighted by Crippen LogP contribution is -2.38. The monoisotopic (exact) mass is 498 g/mol. The number of hydrogen-bond acceptors (Lipinski definition) is 8. The van der Waals surface area contributed by atoms with Crippen LogP contribution < -0.4 is 4.74 Å². The lowest BCUT2D eigenvalue weighted by molar-refractivity contribution is -0.129. The van der Waals surface area contributed by atoms with Crippen LogP contribution in [0.5, 0.6) is 5.75 Å². The van der Waals surface area contributed by atoms with Crippen molar-refractivity contribution in [3.8, 4) is 5.75 Å². The maximum atomic E-state index is 13.0. The van der Waals surface area contributed by atoms with E-state index >= 15 is 0 Å². The Bertz CT molecular complexity index is 1240. The first-order valence-corrected chi connectivity index (χ1v) is 12.9. The van der Waals surface area contributed by atoms with Gasteiger partial charge in [0.2, 0.25) is 5.91 Å². The topological polar surface area (TPSA) is 81.4 Å². The number of benzene rings is 2. The number of thioether (sulfide) groups is 1. The molecule has 0 radical (unpaired) electrons. The summed E-state index contributed by atoms with van der Waals surface area (Å²) < 4.78 is 25.6. The zero-order valence-electron chi connectivity index (χ0n) is 18.5. The lowest BCUT2D eigenvalue weighted by atomic mass is 9.97. The molecular weight excluding hydrogens is 475 g/mol. The Morgan fingerprint density at radius 3 is 2.74 bits per heavy atom. The Hall–Kier alpha value is -2.98. The number of amides is 1. The van der Waals surface area contributed by atoms with E-state index in [-0.39, 0.29) is 17.5 Å². The van der Waals surface area contributed by atoms with Gasteiger partial charge in [0.1, 0.15) is 11.6 Å². The van der Waals surface area contributed by atoms with Crippen molar-refractivity contribution in [1.82, 2.24) is 20.1 Å². The zero-order valence-corrected chi connectivity index (χ0v) is 20.2. The van der Waals surface area contributed by atoms with Gasteiger partial charge in [-0.3, -0.25) is 4.79 Å². The number of fused-ring (bicyclic) bond motifs is 1. The molecule has 3 heterocycles. The first-order chi connectivity index (χ1) is 16.5. The third kappa shape index (κ3) is 5.23. The number of rotatable bonds is 7. The average molecular weight is 499 g/mol. The number of likely N-dealkylation sites (tertiary alicyclic amines) is 1. The smallest absolute Gasteiger partial charge is 0.277 e. The fourth-order valence-electron chi connectivity index (χ4n) is 3.87. The van der Waals surface area contributed by atoms with Crippen LogP contribution in [0.1, 0.15) is 42.7 Å². The lowest BCUT2D eigenvalue weighted by Gasteiger charge is -2.31. The number of halogens is 1. The summed E-state index contributed by atoms with van der Waals surface area (Å²) in [5, 5.41) is 9.51. The van der Waals surface area contributed by atoms with Crippen molar-refractivity contribution in [2.24, 2.45) is 0 Å². The summed E-state index contributed by atoms with van der Waals surface area (Å²) in [4.78, 5) is 19.4. The summed E-state index contributed by atoms with van der Waals surface area (Å²) in [7, 11) is 0. The Morgan fingerprint density at radius 1 is 1.21 bits per heavy atom. The highest BCUT2D eigenvalue weighted by Crippen LogP contribution is 2.34. The van der Waals surface area contributed by atoms with E-state index in [1.807, 2.05) is 23.1 Å². The molecule has 5 rings (SSSR count). The molecule has 10 heteroatoms. The molecule has 176 valence electrons. The Morgan fingerprint density at radius 2 is 1.97 bits per heavy atom. The number of ether oxygens (including phenoxy) is 1. The standard InChI is InChI=1S/C24H23FN4O3S2/c1-15(31-18-8-6-17(25)7-9-18)22-27-28-24(32-22)33-14-21(30)29-12-10-16(11-13-29)23-26-19-4-2-3-5-20(19)34-23/h2-9,15-16H,10-14H2,1H3/t15-/m0/s1. The molecule has 1 atom stereocenters. The van der Waals surface area contributed by atoms with Crippen LogP contribution in [0.25, 0.3) is 10.2 Å². The second-order valence-corrected chi connectivity index (χ2v) is 10.1. The van der Waals surface area contributed by atoms with E-state index < -0.39 is 6.10 Å². The minimum atomic E-state index is -0.496. The van der Waals surface area contributed by atoms with Crippen LogP contribution in [0.3, 0.4) is 0 Å². The fourth-order valence-corrected chi connectivity index (χ4v) is 5.67. The Labute approximate surface area is 204 Å². The largest absolute Gasteiger partial charge is 0.481 e. The maximum absolute atomic E-state index is 13.0. The predicted octanol–water partition coefficient (Wildman–Crippen LogP) is 5.46. The summed E-state index contributed by atoms with van der Waals surface area (Å²) in [5.41, 5.74) is 1.05. The number of para-hydroxylation sites is 1. The van der Waals surface area contributed by atoms with E-state index in [2.05, 4.69) is 16.3 Å². The van der Waals surface area contributed by atoms with Crippen LogP contribution in [-0.4, -0.2) is 44.8 Å². The Kier molecular flexibility index (Phi) is 6.77. The van der Waals surface area contributed by atoms with Crippen LogP contribution >= 0.6 is 23.1 Å². The van der Waals surface area contributed by atoms with Gasteiger partial charge in [-0.25, -0.2) is 9.37 Å². The van der Waals surface area contributed by atoms with E-state index in [4.69, 9.17) is 14.1 Å². The van der Waals surface area contributed by atoms with Gasteiger partial charge in [0.05, 0.1) is 21.0 Å². The van der Waals surface area contributed by atoms with Crippen LogP contribution in [0, 0.1) is 5.82 Å². The molecule has 7 nitrogen and oxygen atoms in total. The zero-order chi connectivity index (χ0) is 23.5. The van der Waals surface area contributed by atoms with Gasteiger partial charge in [0.25, 0.3) is 11.1 Å². The summed E-state index contributed by atoms with van der Waals surface area (Å²) in [6, 6.07) is 13.9. The van der Waals surface area contributed by atoms with Crippen LogP contribution in [0.2, 0.25) is 0 Å². The van der Waals surface area contributed by atoms with Crippen molar-refractivity contribution in [3.63, 3.8) is 0 Å². The Balaban J connectivity index is 1.10. The van der Waals surface area contributed by atoms with Gasteiger partial charge in [-0.2, -0.15) is 0 Å². The van der Waals surface area contributed by atoms with E-state index in [0.717, 1.165) is 36.5 Å². The molecule has 1 fully saturated rings. The molecule has 1 saturated heterocycles. The molecule has 0 bridgehead atoms. The van der Waals surface area contributed by atoms with Gasteiger partial charge < -0.3 is 14.1 Å². The first kappa shape index (κ1) is 22.8. The highest BCUT2D eigenvalue weighted by Gasteiger charge is 2.26. The molecule has 1 amide bonds. The van der Waals surface area contributed by atoms with Crippen LogP contribution in [0.15, 0.2) is 58.2 Å². The van der Waals surface area contributed by atoms with Gasteiger partial charge in [0, 0.05) is 19.0 Å². The number of thiazole rings is 1. The number of nitrogens with zero attached hydrogens (tertiary/aromatic N) is 4. The third-order valence-electron chi connectivity index (χ3n) is 5.72. The molecule has 2 aromatic carbocycles. The predicted molar refractivity (Wildman–Crippen MR) is 129 cm³/mol. The van der Waals surface area contributed by atoms with Gasteiger partial charge in [-0.05, 0) is 56.2 Å². The fraction of sp³-hybridized carbons (Fsp3) is 0.333. The molecule has 1 aliphatic heterocycles. The minimum Gasteiger partial charge on any atom is -0.481 e. The van der Waals surface area contributed by atoms with Gasteiger partial charge >= 0.3 is 0 Å². The highest BCUT2D eigenvalue weighted by molar-refractivity contribution is 7.99. The molecule has 0 N–H and O–H groups in total. The number of piperidine rings is 1. The summed E-state index contributed by atoms with van der Waals surface area (Å²) in [6.45, 7) is 3.21. The number of hydrogen-bond donors (Lipinski definition) is 0. The minimum absolute atomic E-state index is 0.0584. The molecule has 0 spiro atoms. The summed E-state index contributed by atoms with van der Waals surface area (Å²) in [6.07, 6.45) is 1.34. The SMILES string of the molecule is C[C@H](Oc1ccc(F)cc1)c1nnc(SCC(=O)N2CCC(c3nc4ccccc4s3)CC2)o1. The normalized spacial score (nSPS) is 15.5. The molecule has 34 heavy (non-hydrogen) atoms. The maximum Gasteiger partial charge on any atom is 0.277 e. The van der Waals surface area contributed by atoms with Crippen molar-refractivity contribution in [2.75, 3.05) is 18.8 Å². The van der Waals surface area contributed by atoms with Crippen molar-refractivity contribution >= 4 is 39.2 Å². The first-order valence-electron chi connectivity index (χ1n) is 11.1. The quantitative estimate of drug-likeness (QED) is 0.313. The summed E-state index contributed by atoms with van der Waals surface area (Å²) >= 11 is 2.98. The van der Waals surface area contributed by atoms with E-state index in [0.29, 0.717) is 22.8 Å². The van der Waals surface area contributed by atoms with Crippen LogP contribution in [-0.2, 0) is 4.79 Å². The van der Waals surface area contributed by atoms with E-state index in [1.165, 1.54) is 40.7 Å². The molecule has 0 saturated carbocycles. The molecular formula is C24H23FN4O3S2. The molecule has 0 aliphatic carbocycles. The van der Waals surface area contributed by atoms with Crippen molar-refractivity contribution < 1.29 is 18.3 Å². The van der Waals surface area contributed by atoms with Crippen LogP contribution in [0.4, 0.5) is 4.39 Å².